The fourth-order valence-corrected chi connectivity index (χ4v) is 9.70. The van der Waals surface area contributed by atoms with Gasteiger partial charge in [-0.1, -0.05) is 322 Å². The molecule has 0 radical (unpaired) electrons. The summed E-state index contributed by atoms with van der Waals surface area (Å²) in [5.41, 5.74) is 0. The van der Waals surface area contributed by atoms with E-state index in [2.05, 4.69) is 19.2 Å². The molecule has 5 heteroatoms. The minimum absolute atomic E-state index is 0.0437. The number of unbranched alkanes of at least 4 members (excludes halogenated alkanes) is 46. The van der Waals surface area contributed by atoms with Gasteiger partial charge in [0.05, 0.1) is 31.3 Å². The summed E-state index contributed by atoms with van der Waals surface area (Å²) in [4.78, 5) is 12.6. The number of aliphatic hydroxyl groups is 3. The lowest BCUT2D eigenvalue weighted by Crippen LogP contribution is -2.46. The summed E-state index contributed by atoms with van der Waals surface area (Å²) in [5, 5.41) is 33.7. The average molecular weight is 893 g/mol. The predicted molar refractivity (Wildman–Crippen MR) is 278 cm³/mol. The topological polar surface area (TPSA) is 89.8 Å². The molecule has 3 atom stereocenters. The summed E-state index contributed by atoms with van der Waals surface area (Å²) < 4.78 is 0. The van der Waals surface area contributed by atoms with Gasteiger partial charge in [-0.2, -0.15) is 0 Å². The van der Waals surface area contributed by atoms with Crippen LogP contribution in [0.3, 0.4) is 0 Å². The summed E-state index contributed by atoms with van der Waals surface area (Å²) in [6, 6.07) is -0.654. The van der Waals surface area contributed by atoms with Gasteiger partial charge in [0.1, 0.15) is 0 Å². The number of carbonyl (C=O) groups is 1. The maximum Gasteiger partial charge on any atom is 0.222 e. The number of nitrogens with one attached hydrogen (secondary N) is 1. The Morgan fingerprint density at radius 1 is 0.333 bits per heavy atom. The van der Waals surface area contributed by atoms with Gasteiger partial charge in [0.15, 0.2) is 0 Å². The maximum atomic E-state index is 12.6. The summed E-state index contributed by atoms with van der Waals surface area (Å²) in [6.45, 7) is 4.31. The Morgan fingerprint density at radius 2 is 0.540 bits per heavy atom. The molecule has 0 bridgehead atoms. The highest BCUT2D eigenvalue weighted by atomic mass is 16.3. The first-order chi connectivity index (χ1) is 31.0. The molecule has 0 fully saturated rings. The SMILES string of the molecule is CCCCCCCCCCCCCCCCCCCCCCCCCCCC(O)C(CO)NC(=O)CC(O)CCCCCCCCCCCCCCCCCCCCCCCCC. The van der Waals surface area contributed by atoms with Crippen LogP contribution in [0.15, 0.2) is 0 Å². The van der Waals surface area contributed by atoms with Crippen molar-refractivity contribution in [1.82, 2.24) is 5.32 Å². The Bertz CT molecular complexity index is 853. The third-order valence-corrected chi connectivity index (χ3v) is 14.2. The van der Waals surface area contributed by atoms with Crippen molar-refractivity contribution in [3.63, 3.8) is 0 Å². The fraction of sp³-hybridized carbons (Fsp3) is 0.983. The molecule has 0 spiro atoms. The molecule has 0 aromatic rings. The molecule has 63 heavy (non-hydrogen) atoms. The standard InChI is InChI=1S/C58H117NO4/c1-3-5-7-9-11-13-15-17-19-21-23-25-27-28-30-32-34-36-38-40-42-44-46-48-50-52-57(62)56(54-60)59-58(63)53-55(61)51-49-47-45-43-41-39-37-35-33-31-29-26-24-22-20-18-16-14-12-10-8-6-4-2/h55-57,60-62H,3-54H2,1-2H3,(H,59,63). The van der Waals surface area contributed by atoms with E-state index in [-0.39, 0.29) is 18.9 Å². The predicted octanol–water partition coefficient (Wildman–Crippen LogP) is 18.1. The second-order valence-electron chi connectivity index (χ2n) is 20.6. The molecule has 0 aromatic carbocycles. The van der Waals surface area contributed by atoms with Gasteiger partial charge < -0.3 is 20.6 Å². The summed E-state index contributed by atoms with van der Waals surface area (Å²) in [5.74, 6) is -0.274. The number of carbonyl (C=O) groups excluding carboxylic acids is 1. The van der Waals surface area contributed by atoms with Gasteiger partial charge in [-0.3, -0.25) is 4.79 Å². The van der Waals surface area contributed by atoms with Crippen molar-refractivity contribution >= 4 is 5.91 Å². The van der Waals surface area contributed by atoms with Crippen LogP contribution in [0.4, 0.5) is 0 Å². The van der Waals surface area contributed by atoms with Gasteiger partial charge >= 0.3 is 0 Å². The largest absolute Gasteiger partial charge is 0.394 e. The van der Waals surface area contributed by atoms with Crippen LogP contribution in [0.1, 0.15) is 341 Å². The van der Waals surface area contributed by atoms with E-state index < -0.39 is 18.2 Å². The Morgan fingerprint density at radius 3 is 0.762 bits per heavy atom. The minimum Gasteiger partial charge on any atom is -0.394 e. The van der Waals surface area contributed by atoms with Gasteiger partial charge in [0.25, 0.3) is 0 Å². The van der Waals surface area contributed by atoms with Crippen molar-refractivity contribution in [1.29, 1.82) is 0 Å². The highest BCUT2D eigenvalue weighted by Crippen LogP contribution is 2.19. The number of rotatable bonds is 55. The molecule has 0 saturated carbocycles. The molecule has 0 rings (SSSR count). The second-order valence-corrected chi connectivity index (χ2v) is 20.6. The zero-order valence-corrected chi connectivity index (χ0v) is 43.3. The normalized spacial score (nSPS) is 13.2. The molecule has 0 heterocycles. The Kier molecular flexibility index (Phi) is 53.4. The number of amides is 1. The molecular weight excluding hydrogens is 775 g/mol. The van der Waals surface area contributed by atoms with E-state index in [9.17, 15) is 20.1 Å². The molecule has 1 amide bonds. The smallest absolute Gasteiger partial charge is 0.222 e. The Labute approximate surface area is 396 Å². The van der Waals surface area contributed by atoms with Crippen LogP contribution in [0.5, 0.6) is 0 Å². The highest BCUT2D eigenvalue weighted by molar-refractivity contribution is 5.76. The first-order valence-electron chi connectivity index (χ1n) is 29.3. The van der Waals surface area contributed by atoms with Crippen LogP contribution in [0, 0.1) is 0 Å². The van der Waals surface area contributed by atoms with Crippen molar-refractivity contribution in [3.8, 4) is 0 Å². The van der Waals surface area contributed by atoms with Gasteiger partial charge in [0, 0.05) is 0 Å². The van der Waals surface area contributed by atoms with Crippen LogP contribution < -0.4 is 5.32 Å². The molecular formula is C58H117NO4. The Balaban J connectivity index is 3.48. The molecule has 0 aliphatic carbocycles. The van der Waals surface area contributed by atoms with Gasteiger partial charge in [-0.05, 0) is 12.8 Å². The lowest BCUT2D eigenvalue weighted by Gasteiger charge is -2.23. The van der Waals surface area contributed by atoms with Crippen molar-refractivity contribution < 1.29 is 20.1 Å². The highest BCUT2D eigenvalue weighted by Gasteiger charge is 2.21. The van der Waals surface area contributed by atoms with Crippen molar-refractivity contribution in [2.24, 2.45) is 0 Å². The molecule has 5 nitrogen and oxygen atoms in total. The van der Waals surface area contributed by atoms with Gasteiger partial charge in [0.2, 0.25) is 5.91 Å². The summed E-state index contributed by atoms with van der Waals surface area (Å²) in [6.07, 6.45) is 65.5. The van der Waals surface area contributed by atoms with Crippen LogP contribution in [-0.2, 0) is 4.79 Å². The van der Waals surface area contributed by atoms with Crippen molar-refractivity contribution in [2.45, 2.75) is 360 Å². The lowest BCUT2D eigenvalue weighted by atomic mass is 10.0. The van der Waals surface area contributed by atoms with Crippen LogP contribution in [-0.4, -0.2) is 46.1 Å². The van der Waals surface area contributed by atoms with Crippen molar-refractivity contribution in [3.05, 3.63) is 0 Å². The van der Waals surface area contributed by atoms with Crippen LogP contribution in [0.2, 0.25) is 0 Å². The quantitative estimate of drug-likeness (QED) is 0.0458. The number of hydrogen-bond acceptors (Lipinski definition) is 4. The molecule has 0 aliphatic heterocycles. The molecule has 0 aliphatic rings. The molecule has 0 saturated heterocycles. The van der Waals surface area contributed by atoms with E-state index in [1.54, 1.807) is 0 Å². The zero-order valence-electron chi connectivity index (χ0n) is 43.3. The molecule has 4 N–H and O–H groups in total. The van der Waals surface area contributed by atoms with E-state index in [1.807, 2.05) is 0 Å². The lowest BCUT2D eigenvalue weighted by molar-refractivity contribution is -0.125. The van der Waals surface area contributed by atoms with Crippen LogP contribution >= 0.6 is 0 Å². The van der Waals surface area contributed by atoms with Crippen LogP contribution in [0.25, 0.3) is 0 Å². The van der Waals surface area contributed by atoms with E-state index in [0.717, 1.165) is 25.7 Å². The van der Waals surface area contributed by atoms with Gasteiger partial charge in [-0.25, -0.2) is 0 Å². The molecule has 3 unspecified atom stereocenters. The van der Waals surface area contributed by atoms with E-state index in [1.165, 1.54) is 283 Å². The van der Waals surface area contributed by atoms with Crippen molar-refractivity contribution in [2.75, 3.05) is 6.61 Å². The van der Waals surface area contributed by atoms with E-state index in [4.69, 9.17) is 0 Å². The molecule has 0 aromatic heterocycles. The maximum absolute atomic E-state index is 12.6. The third-order valence-electron chi connectivity index (χ3n) is 14.2. The monoisotopic (exact) mass is 892 g/mol. The first kappa shape index (κ1) is 62.4. The summed E-state index contributed by atoms with van der Waals surface area (Å²) in [7, 11) is 0. The third kappa shape index (κ3) is 50.6. The molecule has 378 valence electrons. The average Bonchev–Trinajstić information content (AvgIpc) is 3.28. The summed E-state index contributed by atoms with van der Waals surface area (Å²) >= 11 is 0. The number of aliphatic hydroxyl groups excluding tert-OH is 3. The minimum atomic E-state index is -0.746. The fourth-order valence-electron chi connectivity index (χ4n) is 9.70. The second kappa shape index (κ2) is 54.0. The zero-order chi connectivity index (χ0) is 45.8. The van der Waals surface area contributed by atoms with Gasteiger partial charge in [-0.15, -0.1) is 0 Å². The van der Waals surface area contributed by atoms with E-state index >= 15 is 0 Å². The Hall–Kier alpha value is -0.650. The van der Waals surface area contributed by atoms with E-state index in [0.29, 0.717) is 12.8 Å². The number of hydrogen-bond donors (Lipinski definition) is 4. The first-order valence-corrected chi connectivity index (χ1v) is 29.3.